The fraction of sp³-hybridized carbons (Fsp3) is 0.618. The number of benzene rings is 1. The van der Waals surface area contributed by atoms with Gasteiger partial charge in [-0.25, -0.2) is 0 Å². The SMILES string of the molecule is C=CCN(Cc1ccccc1)C(=O)[C@@H]1[C@H]2C(=O)N([C@@H](CO)CC(C)C)C(C(=O)N(CC=C)C(C)CCC)C23CC[C@H]1S3. The lowest BCUT2D eigenvalue weighted by Crippen LogP contribution is -2.59. The summed E-state index contributed by atoms with van der Waals surface area (Å²) in [4.78, 5) is 49.1. The summed E-state index contributed by atoms with van der Waals surface area (Å²) in [5, 5.41) is 10.6. The van der Waals surface area contributed by atoms with E-state index in [9.17, 15) is 19.5 Å². The molecule has 0 radical (unpaired) electrons. The van der Waals surface area contributed by atoms with Crippen LogP contribution in [0.3, 0.4) is 0 Å². The third kappa shape index (κ3) is 5.94. The number of hydrogen-bond acceptors (Lipinski definition) is 5. The van der Waals surface area contributed by atoms with Crippen LogP contribution in [0.2, 0.25) is 0 Å². The molecule has 8 heteroatoms. The zero-order valence-corrected chi connectivity index (χ0v) is 26.6. The average Bonchev–Trinajstić information content (AvgIpc) is 3.61. The normalized spacial score (nSPS) is 27.6. The molecule has 3 unspecified atom stereocenters. The predicted molar refractivity (Wildman–Crippen MR) is 170 cm³/mol. The number of amides is 3. The van der Waals surface area contributed by atoms with E-state index in [4.69, 9.17) is 0 Å². The molecule has 230 valence electrons. The number of fused-ring (bicyclic) bond motifs is 1. The number of nitrogens with zero attached hydrogens (tertiary/aromatic N) is 3. The molecule has 1 aromatic carbocycles. The van der Waals surface area contributed by atoms with E-state index >= 15 is 0 Å². The van der Waals surface area contributed by atoms with Crippen molar-refractivity contribution in [3.05, 3.63) is 61.2 Å². The number of rotatable bonds is 15. The summed E-state index contributed by atoms with van der Waals surface area (Å²) in [7, 11) is 0. The van der Waals surface area contributed by atoms with Gasteiger partial charge in [0, 0.05) is 30.9 Å². The van der Waals surface area contributed by atoms with E-state index in [0.717, 1.165) is 24.8 Å². The van der Waals surface area contributed by atoms with Crippen LogP contribution in [0.1, 0.15) is 65.4 Å². The van der Waals surface area contributed by atoms with Crippen molar-refractivity contribution in [2.24, 2.45) is 17.8 Å². The molecule has 0 aromatic heterocycles. The van der Waals surface area contributed by atoms with E-state index in [-0.39, 0.29) is 41.5 Å². The van der Waals surface area contributed by atoms with Crippen LogP contribution in [-0.2, 0) is 20.9 Å². The van der Waals surface area contributed by atoms with Gasteiger partial charge >= 0.3 is 0 Å². The Kier molecular flexibility index (Phi) is 10.6. The first-order chi connectivity index (χ1) is 20.1. The Morgan fingerprint density at radius 2 is 1.83 bits per heavy atom. The molecule has 42 heavy (non-hydrogen) atoms. The predicted octanol–water partition coefficient (Wildman–Crippen LogP) is 4.90. The van der Waals surface area contributed by atoms with Crippen molar-refractivity contribution >= 4 is 29.5 Å². The number of hydrogen-bond donors (Lipinski definition) is 1. The molecule has 3 aliphatic rings. The van der Waals surface area contributed by atoms with Crippen LogP contribution in [0.4, 0.5) is 0 Å². The van der Waals surface area contributed by atoms with E-state index in [1.165, 1.54) is 0 Å². The largest absolute Gasteiger partial charge is 0.394 e. The Balaban J connectivity index is 1.76. The molecule has 3 aliphatic heterocycles. The third-order valence-electron chi connectivity index (χ3n) is 9.33. The van der Waals surface area contributed by atoms with Crippen molar-refractivity contribution in [1.82, 2.24) is 14.7 Å². The summed E-state index contributed by atoms with van der Waals surface area (Å²) in [6.45, 7) is 17.1. The van der Waals surface area contributed by atoms with Crippen LogP contribution in [0.25, 0.3) is 0 Å². The number of aliphatic hydroxyl groups excluding tert-OH is 1. The molecule has 3 heterocycles. The van der Waals surface area contributed by atoms with Gasteiger partial charge in [0.25, 0.3) is 0 Å². The van der Waals surface area contributed by atoms with Gasteiger partial charge in [0.05, 0.1) is 29.2 Å². The first-order valence-corrected chi connectivity index (χ1v) is 16.5. The summed E-state index contributed by atoms with van der Waals surface area (Å²) in [5.74, 6) is -1.17. The van der Waals surface area contributed by atoms with Gasteiger partial charge in [0.1, 0.15) is 6.04 Å². The highest BCUT2D eigenvalue weighted by atomic mass is 32.2. The maximum Gasteiger partial charge on any atom is 0.247 e. The molecular weight excluding hydrogens is 546 g/mol. The van der Waals surface area contributed by atoms with E-state index < -0.39 is 28.7 Å². The molecule has 7 nitrogen and oxygen atoms in total. The van der Waals surface area contributed by atoms with Gasteiger partial charge in [-0.05, 0) is 44.1 Å². The van der Waals surface area contributed by atoms with E-state index in [2.05, 4.69) is 40.9 Å². The Morgan fingerprint density at radius 1 is 1.14 bits per heavy atom. The lowest BCUT2D eigenvalue weighted by atomic mass is 9.70. The first-order valence-electron chi connectivity index (χ1n) is 15.6. The minimum Gasteiger partial charge on any atom is -0.394 e. The van der Waals surface area contributed by atoms with Crippen molar-refractivity contribution < 1.29 is 19.5 Å². The topological polar surface area (TPSA) is 81.2 Å². The van der Waals surface area contributed by atoms with Crippen molar-refractivity contribution in [1.29, 1.82) is 0 Å². The van der Waals surface area contributed by atoms with E-state index in [0.29, 0.717) is 32.5 Å². The van der Waals surface area contributed by atoms with Crippen LogP contribution in [0.5, 0.6) is 0 Å². The van der Waals surface area contributed by atoms with Gasteiger partial charge in [-0.15, -0.1) is 24.9 Å². The minimum atomic E-state index is -0.722. The Labute approximate surface area is 256 Å². The molecule has 3 amide bonds. The monoisotopic (exact) mass is 595 g/mol. The van der Waals surface area contributed by atoms with Crippen LogP contribution >= 0.6 is 11.8 Å². The molecule has 4 rings (SSSR count). The second kappa shape index (κ2) is 13.8. The zero-order chi connectivity index (χ0) is 30.6. The number of aliphatic hydroxyl groups is 1. The molecule has 1 spiro atoms. The average molecular weight is 596 g/mol. The quantitative estimate of drug-likeness (QED) is 0.292. The van der Waals surface area contributed by atoms with Gasteiger partial charge in [0.15, 0.2) is 0 Å². The zero-order valence-electron chi connectivity index (χ0n) is 25.8. The van der Waals surface area contributed by atoms with Crippen molar-refractivity contribution in [2.75, 3.05) is 19.7 Å². The summed E-state index contributed by atoms with van der Waals surface area (Å²) in [6, 6.07) is 8.65. The van der Waals surface area contributed by atoms with Crippen molar-refractivity contribution in [2.45, 2.75) is 94.5 Å². The van der Waals surface area contributed by atoms with Crippen LogP contribution in [-0.4, -0.2) is 85.3 Å². The summed E-state index contributed by atoms with van der Waals surface area (Å²) >= 11 is 1.69. The highest BCUT2D eigenvalue weighted by molar-refractivity contribution is 8.02. The lowest BCUT2D eigenvalue weighted by Gasteiger charge is -2.41. The molecule has 3 saturated heterocycles. The first kappa shape index (κ1) is 32.3. The summed E-state index contributed by atoms with van der Waals surface area (Å²) in [6.07, 6.45) is 7.35. The Bertz CT molecular complexity index is 1140. The van der Waals surface area contributed by atoms with Crippen LogP contribution in [0.15, 0.2) is 55.6 Å². The van der Waals surface area contributed by atoms with Gasteiger partial charge in [-0.2, -0.15) is 0 Å². The molecular formula is C34H49N3O4S. The van der Waals surface area contributed by atoms with Crippen molar-refractivity contribution in [3.63, 3.8) is 0 Å². The minimum absolute atomic E-state index is 0.0134. The summed E-state index contributed by atoms with van der Waals surface area (Å²) in [5.41, 5.74) is 1.02. The summed E-state index contributed by atoms with van der Waals surface area (Å²) < 4.78 is -0.693. The molecule has 1 aromatic rings. The molecule has 0 saturated carbocycles. The van der Waals surface area contributed by atoms with Gasteiger partial charge in [-0.1, -0.05) is 69.7 Å². The second-order valence-electron chi connectivity index (χ2n) is 12.7. The van der Waals surface area contributed by atoms with Crippen LogP contribution in [0, 0.1) is 17.8 Å². The molecule has 7 atom stereocenters. The van der Waals surface area contributed by atoms with Gasteiger partial charge in [-0.3, -0.25) is 14.4 Å². The maximum atomic E-state index is 14.7. The number of carbonyl (C=O) groups excluding carboxylic acids is 3. The fourth-order valence-corrected chi connectivity index (χ4v) is 9.82. The molecule has 3 fully saturated rings. The van der Waals surface area contributed by atoms with Gasteiger partial charge < -0.3 is 19.8 Å². The van der Waals surface area contributed by atoms with Crippen molar-refractivity contribution in [3.8, 4) is 0 Å². The number of carbonyl (C=O) groups is 3. The Morgan fingerprint density at radius 3 is 2.43 bits per heavy atom. The molecule has 2 bridgehead atoms. The highest BCUT2D eigenvalue weighted by Gasteiger charge is 2.74. The van der Waals surface area contributed by atoms with E-state index in [1.54, 1.807) is 33.7 Å². The Hall–Kier alpha value is -2.58. The molecule has 1 N–H and O–H groups in total. The smallest absolute Gasteiger partial charge is 0.247 e. The van der Waals surface area contributed by atoms with Crippen LogP contribution < -0.4 is 0 Å². The number of likely N-dealkylation sites (tertiary alicyclic amines) is 1. The van der Waals surface area contributed by atoms with Gasteiger partial charge in [0.2, 0.25) is 17.7 Å². The lowest BCUT2D eigenvalue weighted by molar-refractivity contribution is -0.148. The third-order valence-corrected chi connectivity index (χ3v) is 11.3. The standard InChI is InChI=1S/C34H49N3O4S/c1-7-13-24(6)36(19-9-3)33(41)30-34-17-16-27(42-34)28(29(34)32(40)37(30)26(22-38)20-23(4)5)31(39)35(18-8-2)21-25-14-11-10-12-15-25/h8-12,14-15,23-24,26-30,38H,2-3,7,13,16-22H2,1,4-6H3/t24?,26-,27-,28+,29+,30?,34?/m1/s1. The second-order valence-corrected chi connectivity index (χ2v) is 14.3. The highest BCUT2D eigenvalue weighted by Crippen LogP contribution is 2.67. The van der Waals surface area contributed by atoms with E-state index in [1.807, 2.05) is 35.2 Å². The fourth-order valence-electron chi connectivity index (χ4n) is 7.63. The number of thioether (sulfide) groups is 1. The maximum absolute atomic E-state index is 14.7. The molecule has 0 aliphatic carbocycles.